The predicted octanol–water partition coefficient (Wildman–Crippen LogP) is 2.95. The fourth-order valence-corrected chi connectivity index (χ4v) is 4.44. The molecule has 0 amide bonds. The van der Waals surface area contributed by atoms with Crippen LogP contribution in [0.25, 0.3) is 0 Å². The third kappa shape index (κ3) is 7.20. The highest BCUT2D eigenvalue weighted by atomic mass is 32.2. The van der Waals surface area contributed by atoms with E-state index in [1.54, 1.807) is 13.2 Å². The summed E-state index contributed by atoms with van der Waals surface area (Å²) in [5.41, 5.74) is 2.05. The summed E-state index contributed by atoms with van der Waals surface area (Å²) in [5, 5.41) is 6.33. The number of rotatable bonds is 8. The number of hydrogen-bond acceptors (Lipinski definition) is 5. The molecule has 1 aliphatic carbocycles. The molecular weight excluding hydrogens is 419 g/mol. The van der Waals surface area contributed by atoms with E-state index < -0.39 is 15.7 Å². The zero-order chi connectivity index (χ0) is 22.3. The maximum atomic E-state index is 13.7. The van der Waals surface area contributed by atoms with Gasteiger partial charge in [-0.1, -0.05) is 12.1 Å². The van der Waals surface area contributed by atoms with Crippen LogP contribution in [0.4, 0.5) is 4.39 Å². The lowest BCUT2D eigenvalue weighted by Gasteiger charge is -2.17. The number of sulfone groups is 1. The molecule has 1 saturated carbocycles. The zero-order valence-electron chi connectivity index (χ0n) is 17.9. The molecule has 2 N–H and O–H groups in total. The number of nitrogens with one attached hydrogen (secondary N) is 2. The van der Waals surface area contributed by atoms with Crippen LogP contribution in [-0.4, -0.2) is 38.8 Å². The molecule has 0 spiro atoms. The summed E-state index contributed by atoms with van der Waals surface area (Å²) >= 11 is 0. The van der Waals surface area contributed by atoms with Gasteiger partial charge in [-0.2, -0.15) is 0 Å². The van der Waals surface area contributed by atoms with Crippen molar-refractivity contribution in [3.05, 3.63) is 59.0 Å². The largest absolute Gasteiger partial charge is 0.474 e. The van der Waals surface area contributed by atoms with Gasteiger partial charge >= 0.3 is 0 Å². The summed E-state index contributed by atoms with van der Waals surface area (Å²) in [6, 6.07) is 7.93. The molecule has 1 aromatic heterocycles. The van der Waals surface area contributed by atoms with Gasteiger partial charge in [0.25, 0.3) is 0 Å². The van der Waals surface area contributed by atoms with Gasteiger partial charge in [0.2, 0.25) is 5.88 Å². The Morgan fingerprint density at radius 3 is 2.55 bits per heavy atom. The minimum absolute atomic E-state index is 0.145. The van der Waals surface area contributed by atoms with Crippen molar-refractivity contribution in [3.63, 3.8) is 0 Å². The molecule has 0 atom stereocenters. The molecule has 1 fully saturated rings. The molecule has 1 heterocycles. The number of pyridine rings is 1. The lowest BCUT2D eigenvalue weighted by atomic mass is 10.1. The number of halogens is 1. The maximum absolute atomic E-state index is 13.7. The van der Waals surface area contributed by atoms with E-state index in [-0.39, 0.29) is 18.4 Å². The van der Waals surface area contributed by atoms with Gasteiger partial charge in [0.1, 0.15) is 11.9 Å². The van der Waals surface area contributed by atoms with Gasteiger partial charge in [0.15, 0.2) is 15.8 Å². The van der Waals surface area contributed by atoms with Crippen LogP contribution in [0.2, 0.25) is 0 Å². The van der Waals surface area contributed by atoms with Crippen LogP contribution in [0, 0.1) is 5.82 Å². The molecular formula is C22H29FN4O3S. The third-order valence-corrected chi connectivity index (χ3v) is 5.97. The molecule has 7 nitrogen and oxygen atoms in total. The Labute approximate surface area is 183 Å². The first-order chi connectivity index (χ1) is 14.8. The predicted molar refractivity (Wildman–Crippen MR) is 119 cm³/mol. The van der Waals surface area contributed by atoms with Crippen LogP contribution in [0.1, 0.15) is 42.4 Å². The Morgan fingerprint density at radius 1 is 1.16 bits per heavy atom. The van der Waals surface area contributed by atoms with Crippen LogP contribution < -0.4 is 15.4 Å². The first kappa shape index (κ1) is 23.0. The number of nitrogens with zero attached hydrogens (tertiary/aromatic N) is 2. The highest BCUT2D eigenvalue weighted by molar-refractivity contribution is 7.89. The molecule has 31 heavy (non-hydrogen) atoms. The number of aliphatic imine (C=N–C) groups is 1. The Kier molecular flexibility index (Phi) is 7.84. The molecule has 3 rings (SSSR count). The average molecular weight is 449 g/mol. The summed E-state index contributed by atoms with van der Waals surface area (Å²) in [7, 11) is -1.60. The first-order valence-corrected chi connectivity index (χ1v) is 12.4. The van der Waals surface area contributed by atoms with Gasteiger partial charge in [-0.15, -0.1) is 0 Å². The number of aromatic nitrogens is 1. The molecule has 1 aliphatic rings. The molecule has 1 aromatic carbocycles. The van der Waals surface area contributed by atoms with Crippen molar-refractivity contribution >= 4 is 15.8 Å². The van der Waals surface area contributed by atoms with Crippen molar-refractivity contribution in [1.29, 1.82) is 0 Å². The van der Waals surface area contributed by atoms with E-state index in [0.717, 1.165) is 24.7 Å². The summed E-state index contributed by atoms with van der Waals surface area (Å²) in [5.74, 6) is 0.567. The van der Waals surface area contributed by atoms with Crippen molar-refractivity contribution < 1.29 is 17.5 Å². The van der Waals surface area contributed by atoms with E-state index in [1.807, 2.05) is 12.1 Å². The van der Waals surface area contributed by atoms with Crippen molar-refractivity contribution in [2.75, 3.05) is 13.3 Å². The summed E-state index contributed by atoms with van der Waals surface area (Å²) in [6.45, 7) is 0.690. The van der Waals surface area contributed by atoms with Crippen molar-refractivity contribution in [1.82, 2.24) is 15.6 Å². The van der Waals surface area contributed by atoms with E-state index in [1.165, 1.54) is 31.0 Å². The van der Waals surface area contributed by atoms with Crippen LogP contribution in [0.15, 0.2) is 41.5 Å². The lowest BCUT2D eigenvalue weighted by Crippen LogP contribution is -2.36. The second-order valence-electron chi connectivity index (χ2n) is 7.75. The standard InChI is InChI=1S/C22H29FN4O3S/c1-24-22(27-14-18-12-19(23)10-9-17(18)15-31(2,28)29)26-13-16-6-5-11-25-21(16)30-20-7-3-4-8-20/h5-6,9-12,20H,3-4,7-8,13-15H2,1-2H3,(H2,24,26,27). The fourth-order valence-electron chi connectivity index (χ4n) is 3.59. The van der Waals surface area contributed by atoms with Crippen LogP contribution in [0.3, 0.4) is 0 Å². The molecule has 2 aromatic rings. The van der Waals surface area contributed by atoms with Crippen LogP contribution >= 0.6 is 0 Å². The van der Waals surface area contributed by atoms with Gasteiger partial charge in [-0.25, -0.2) is 17.8 Å². The Morgan fingerprint density at radius 2 is 1.87 bits per heavy atom. The monoisotopic (exact) mass is 448 g/mol. The van der Waals surface area contributed by atoms with E-state index in [9.17, 15) is 12.8 Å². The highest BCUT2D eigenvalue weighted by Crippen LogP contribution is 2.25. The van der Waals surface area contributed by atoms with E-state index in [2.05, 4.69) is 20.6 Å². The molecule has 9 heteroatoms. The smallest absolute Gasteiger partial charge is 0.218 e. The molecule has 0 radical (unpaired) electrons. The van der Waals surface area contributed by atoms with Gasteiger partial charge < -0.3 is 15.4 Å². The molecule has 0 saturated heterocycles. The lowest BCUT2D eigenvalue weighted by molar-refractivity contribution is 0.199. The van der Waals surface area contributed by atoms with Gasteiger partial charge in [-0.05, 0) is 55.0 Å². The first-order valence-electron chi connectivity index (χ1n) is 10.3. The average Bonchev–Trinajstić information content (AvgIpc) is 3.23. The molecule has 168 valence electrons. The van der Waals surface area contributed by atoms with Gasteiger partial charge in [-0.3, -0.25) is 4.99 Å². The third-order valence-electron chi connectivity index (χ3n) is 5.13. The molecule has 0 bridgehead atoms. The quantitative estimate of drug-likeness (QED) is 0.477. The maximum Gasteiger partial charge on any atom is 0.218 e. The number of ether oxygens (including phenoxy) is 1. The van der Waals surface area contributed by atoms with Gasteiger partial charge in [0.05, 0.1) is 5.75 Å². The van der Waals surface area contributed by atoms with Crippen LogP contribution in [-0.2, 0) is 28.7 Å². The highest BCUT2D eigenvalue weighted by Gasteiger charge is 2.18. The van der Waals surface area contributed by atoms with E-state index in [4.69, 9.17) is 4.74 Å². The fraction of sp³-hybridized carbons (Fsp3) is 0.455. The van der Waals surface area contributed by atoms with E-state index in [0.29, 0.717) is 29.5 Å². The molecule has 0 unspecified atom stereocenters. The Balaban J connectivity index is 1.62. The summed E-state index contributed by atoms with van der Waals surface area (Å²) in [6.07, 6.45) is 7.56. The summed E-state index contributed by atoms with van der Waals surface area (Å²) in [4.78, 5) is 8.57. The minimum Gasteiger partial charge on any atom is -0.474 e. The summed E-state index contributed by atoms with van der Waals surface area (Å²) < 4.78 is 43.1. The second kappa shape index (κ2) is 10.6. The topological polar surface area (TPSA) is 92.7 Å². The van der Waals surface area contributed by atoms with Crippen molar-refractivity contribution in [2.45, 2.75) is 50.6 Å². The second-order valence-corrected chi connectivity index (χ2v) is 9.89. The van der Waals surface area contributed by atoms with E-state index >= 15 is 0 Å². The van der Waals surface area contributed by atoms with Gasteiger partial charge in [0, 0.05) is 38.2 Å². The SMILES string of the molecule is CN=C(NCc1cc(F)ccc1CS(C)(=O)=O)NCc1cccnc1OC1CCCC1. The number of benzene rings is 1. The van der Waals surface area contributed by atoms with Crippen molar-refractivity contribution in [2.24, 2.45) is 4.99 Å². The zero-order valence-corrected chi connectivity index (χ0v) is 18.7. The Hall–Kier alpha value is -2.68. The Bertz CT molecular complexity index is 1020. The number of guanidine groups is 1. The molecule has 0 aliphatic heterocycles. The van der Waals surface area contributed by atoms with Crippen molar-refractivity contribution in [3.8, 4) is 5.88 Å². The minimum atomic E-state index is -3.23. The normalized spacial score (nSPS) is 15.1. The van der Waals surface area contributed by atoms with Crippen LogP contribution in [0.5, 0.6) is 5.88 Å². The number of hydrogen-bond donors (Lipinski definition) is 2.